The van der Waals surface area contributed by atoms with E-state index in [0.29, 0.717) is 0 Å². The lowest BCUT2D eigenvalue weighted by Gasteiger charge is -2.13. The fraction of sp³-hybridized carbons (Fsp3) is 0.533. The molecule has 0 fully saturated rings. The van der Waals surface area contributed by atoms with Gasteiger partial charge in [-0.25, -0.2) is 4.98 Å². The number of hydrogen-bond donors (Lipinski definition) is 1. The molecule has 1 N–H and O–H groups in total. The molecule has 0 aliphatic heterocycles. The third-order valence-electron chi connectivity index (χ3n) is 3.15. The number of nitrogens with one attached hydrogen (secondary N) is 1. The fourth-order valence-electron chi connectivity index (χ4n) is 2.06. The van der Waals surface area contributed by atoms with Crippen LogP contribution in [0.5, 0.6) is 0 Å². The van der Waals surface area contributed by atoms with E-state index in [0.717, 1.165) is 44.1 Å². The number of thiazole rings is 1. The Labute approximate surface area is 124 Å². The SMILES string of the molecule is CCCNCc1coc(CN(C)Cc2scnc2C)c1. The normalized spacial score (nSPS) is 11.4. The first-order valence-electron chi connectivity index (χ1n) is 7.03. The van der Waals surface area contributed by atoms with Gasteiger partial charge in [0.25, 0.3) is 0 Å². The molecular weight excluding hydrogens is 270 g/mol. The van der Waals surface area contributed by atoms with Gasteiger partial charge in [0.2, 0.25) is 0 Å². The molecule has 0 saturated carbocycles. The van der Waals surface area contributed by atoms with Crippen molar-refractivity contribution in [1.82, 2.24) is 15.2 Å². The lowest BCUT2D eigenvalue weighted by molar-refractivity contribution is 0.289. The summed E-state index contributed by atoms with van der Waals surface area (Å²) in [7, 11) is 2.11. The third kappa shape index (κ3) is 4.44. The van der Waals surface area contributed by atoms with Crippen molar-refractivity contribution in [1.29, 1.82) is 0 Å². The van der Waals surface area contributed by atoms with Crippen LogP contribution in [-0.2, 0) is 19.6 Å². The minimum Gasteiger partial charge on any atom is -0.468 e. The number of nitrogens with zero attached hydrogens (tertiary/aromatic N) is 2. The van der Waals surface area contributed by atoms with Crippen LogP contribution < -0.4 is 5.32 Å². The molecule has 0 spiro atoms. The predicted molar refractivity (Wildman–Crippen MR) is 82.7 cm³/mol. The molecule has 0 bridgehead atoms. The second-order valence-corrected chi connectivity index (χ2v) is 6.07. The van der Waals surface area contributed by atoms with E-state index in [4.69, 9.17) is 4.42 Å². The van der Waals surface area contributed by atoms with Gasteiger partial charge in [0.05, 0.1) is 24.0 Å². The summed E-state index contributed by atoms with van der Waals surface area (Å²) in [6, 6.07) is 2.14. The lowest BCUT2D eigenvalue weighted by Crippen LogP contribution is -2.16. The van der Waals surface area contributed by atoms with E-state index < -0.39 is 0 Å². The van der Waals surface area contributed by atoms with Crippen LogP contribution in [0.3, 0.4) is 0 Å². The maximum atomic E-state index is 5.62. The van der Waals surface area contributed by atoms with Gasteiger partial charge in [-0.2, -0.15) is 0 Å². The molecule has 0 radical (unpaired) electrons. The van der Waals surface area contributed by atoms with E-state index in [-0.39, 0.29) is 0 Å². The highest BCUT2D eigenvalue weighted by Gasteiger charge is 2.09. The Morgan fingerprint density at radius 3 is 2.95 bits per heavy atom. The highest BCUT2D eigenvalue weighted by atomic mass is 32.1. The van der Waals surface area contributed by atoms with Crippen molar-refractivity contribution in [2.24, 2.45) is 0 Å². The molecule has 2 aromatic heterocycles. The summed E-state index contributed by atoms with van der Waals surface area (Å²) in [4.78, 5) is 7.86. The molecule has 20 heavy (non-hydrogen) atoms. The molecule has 0 saturated heterocycles. The van der Waals surface area contributed by atoms with E-state index in [1.54, 1.807) is 11.3 Å². The summed E-state index contributed by atoms with van der Waals surface area (Å²) in [6.45, 7) is 7.90. The van der Waals surface area contributed by atoms with Crippen molar-refractivity contribution in [2.75, 3.05) is 13.6 Å². The average Bonchev–Trinajstić information content (AvgIpc) is 3.00. The molecule has 2 rings (SSSR count). The molecule has 0 amide bonds. The Morgan fingerprint density at radius 1 is 1.40 bits per heavy atom. The smallest absolute Gasteiger partial charge is 0.118 e. The molecule has 0 atom stereocenters. The van der Waals surface area contributed by atoms with Crippen LogP contribution in [0.25, 0.3) is 0 Å². The first-order chi connectivity index (χ1) is 9.69. The Morgan fingerprint density at radius 2 is 2.25 bits per heavy atom. The first-order valence-corrected chi connectivity index (χ1v) is 7.91. The van der Waals surface area contributed by atoms with E-state index in [9.17, 15) is 0 Å². The molecular formula is C15H23N3OS. The predicted octanol–water partition coefficient (Wildman–Crippen LogP) is 3.18. The van der Waals surface area contributed by atoms with Gasteiger partial charge in [0.1, 0.15) is 5.76 Å². The van der Waals surface area contributed by atoms with Crippen LogP contribution in [0.1, 0.15) is 35.2 Å². The Kier molecular flexibility index (Phi) is 5.76. The zero-order chi connectivity index (χ0) is 14.4. The van der Waals surface area contributed by atoms with E-state index >= 15 is 0 Å². The van der Waals surface area contributed by atoms with E-state index in [1.807, 2.05) is 11.8 Å². The molecule has 4 nitrogen and oxygen atoms in total. The highest BCUT2D eigenvalue weighted by Crippen LogP contribution is 2.16. The van der Waals surface area contributed by atoms with Gasteiger partial charge < -0.3 is 9.73 Å². The zero-order valence-corrected chi connectivity index (χ0v) is 13.3. The van der Waals surface area contributed by atoms with Gasteiger partial charge >= 0.3 is 0 Å². The van der Waals surface area contributed by atoms with Gasteiger partial charge in [-0.05, 0) is 33.0 Å². The maximum Gasteiger partial charge on any atom is 0.118 e. The Hall–Kier alpha value is -1.17. The van der Waals surface area contributed by atoms with Crippen molar-refractivity contribution >= 4 is 11.3 Å². The number of rotatable bonds is 8. The molecule has 0 aromatic carbocycles. The fourth-order valence-corrected chi connectivity index (χ4v) is 2.91. The number of furan rings is 1. The quantitative estimate of drug-likeness (QED) is 0.759. The summed E-state index contributed by atoms with van der Waals surface area (Å²) in [6.07, 6.45) is 3.01. The van der Waals surface area contributed by atoms with Crippen molar-refractivity contribution in [3.63, 3.8) is 0 Å². The van der Waals surface area contributed by atoms with Crippen LogP contribution >= 0.6 is 11.3 Å². The summed E-state index contributed by atoms with van der Waals surface area (Å²) in [5, 5.41) is 3.38. The molecule has 0 aliphatic rings. The summed E-state index contributed by atoms with van der Waals surface area (Å²) in [5.74, 6) is 1.02. The molecule has 0 unspecified atom stereocenters. The molecule has 110 valence electrons. The van der Waals surface area contributed by atoms with Gasteiger partial charge in [-0.1, -0.05) is 6.92 Å². The Balaban J connectivity index is 1.82. The summed E-state index contributed by atoms with van der Waals surface area (Å²) < 4.78 is 5.62. The van der Waals surface area contributed by atoms with Crippen LogP contribution in [-0.4, -0.2) is 23.5 Å². The van der Waals surface area contributed by atoms with E-state index in [1.165, 1.54) is 10.4 Å². The lowest BCUT2D eigenvalue weighted by atomic mass is 10.3. The second-order valence-electron chi connectivity index (χ2n) is 5.13. The van der Waals surface area contributed by atoms with Gasteiger partial charge in [-0.15, -0.1) is 11.3 Å². The second kappa shape index (κ2) is 7.57. The third-order valence-corrected chi connectivity index (χ3v) is 4.07. The Bertz CT molecular complexity index is 521. The average molecular weight is 293 g/mol. The van der Waals surface area contributed by atoms with E-state index in [2.05, 4.69) is 42.2 Å². The largest absolute Gasteiger partial charge is 0.468 e. The van der Waals surface area contributed by atoms with Crippen LogP contribution in [0.15, 0.2) is 22.3 Å². The first kappa shape index (κ1) is 15.2. The number of aromatic nitrogens is 1. The van der Waals surface area contributed by atoms with Crippen molar-refractivity contribution in [2.45, 2.75) is 39.9 Å². The van der Waals surface area contributed by atoms with Crippen LogP contribution in [0.4, 0.5) is 0 Å². The molecule has 0 aliphatic carbocycles. The highest BCUT2D eigenvalue weighted by molar-refractivity contribution is 7.09. The van der Waals surface area contributed by atoms with Crippen molar-refractivity contribution in [3.05, 3.63) is 39.7 Å². The van der Waals surface area contributed by atoms with Crippen LogP contribution in [0, 0.1) is 6.92 Å². The summed E-state index contributed by atoms with van der Waals surface area (Å²) >= 11 is 1.71. The zero-order valence-electron chi connectivity index (χ0n) is 12.5. The standard InChI is InChI=1S/C15H23N3OS/c1-4-5-16-7-13-6-14(19-10-13)8-18(3)9-15-12(2)17-11-20-15/h6,10-11,16H,4-5,7-9H2,1-3H3. The molecule has 5 heteroatoms. The van der Waals surface area contributed by atoms with Gasteiger partial charge in [0, 0.05) is 23.5 Å². The molecule has 2 heterocycles. The number of hydrogen-bond acceptors (Lipinski definition) is 5. The maximum absolute atomic E-state index is 5.62. The monoisotopic (exact) mass is 293 g/mol. The van der Waals surface area contributed by atoms with Crippen molar-refractivity contribution < 1.29 is 4.42 Å². The summed E-state index contributed by atoms with van der Waals surface area (Å²) in [5.41, 5.74) is 4.25. The van der Waals surface area contributed by atoms with Gasteiger partial charge in [0.15, 0.2) is 0 Å². The minimum atomic E-state index is 0.825. The topological polar surface area (TPSA) is 41.3 Å². The van der Waals surface area contributed by atoms with Crippen molar-refractivity contribution in [3.8, 4) is 0 Å². The number of aryl methyl sites for hydroxylation is 1. The molecule has 2 aromatic rings. The minimum absolute atomic E-state index is 0.825. The van der Waals surface area contributed by atoms with Gasteiger partial charge in [-0.3, -0.25) is 4.90 Å². The van der Waals surface area contributed by atoms with Crippen LogP contribution in [0.2, 0.25) is 0 Å².